The Labute approximate surface area is 135 Å². The van der Waals surface area contributed by atoms with Crippen LogP contribution in [-0.4, -0.2) is 51.6 Å². The average Bonchev–Trinajstić information content (AvgIpc) is 2.91. The second-order valence-electron chi connectivity index (χ2n) is 6.68. The summed E-state index contributed by atoms with van der Waals surface area (Å²) in [6, 6.07) is 5.83. The van der Waals surface area contributed by atoms with Gasteiger partial charge in [0.2, 0.25) is 0 Å². The van der Waals surface area contributed by atoms with Gasteiger partial charge in [0.1, 0.15) is 5.52 Å². The van der Waals surface area contributed by atoms with Crippen molar-refractivity contribution in [1.29, 1.82) is 0 Å². The minimum absolute atomic E-state index is 0.0979. The largest absolute Gasteiger partial charge is 0.377 e. The Morgan fingerprint density at radius 3 is 3.04 bits per heavy atom. The van der Waals surface area contributed by atoms with E-state index in [0.717, 1.165) is 23.4 Å². The molecule has 0 N–H and O–H groups in total. The summed E-state index contributed by atoms with van der Waals surface area (Å²) < 4.78 is 7.33. The van der Waals surface area contributed by atoms with Gasteiger partial charge in [-0.3, -0.25) is 4.79 Å². The molecule has 1 saturated heterocycles. The number of aromatic nitrogens is 3. The minimum Gasteiger partial charge on any atom is -0.377 e. The first-order valence-electron chi connectivity index (χ1n) is 8.40. The van der Waals surface area contributed by atoms with Gasteiger partial charge >= 0.3 is 0 Å². The van der Waals surface area contributed by atoms with Crippen LogP contribution in [0, 0.1) is 5.92 Å². The van der Waals surface area contributed by atoms with Crippen LogP contribution >= 0.6 is 0 Å². The summed E-state index contributed by atoms with van der Waals surface area (Å²) in [5.74, 6) is 0.862. The maximum atomic E-state index is 13.0. The van der Waals surface area contributed by atoms with Gasteiger partial charge in [0.25, 0.3) is 5.91 Å². The Morgan fingerprint density at radius 1 is 1.39 bits per heavy atom. The number of hydrogen-bond donors (Lipinski definition) is 0. The monoisotopic (exact) mass is 314 g/mol. The second kappa shape index (κ2) is 5.92. The smallest absolute Gasteiger partial charge is 0.254 e. The quantitative estimate of drug-likeness (QED) is 0.869. The zero-order valence-corrected chi connectivity index (χ0v) is 13.4. The number of amides is 1. The van der Waals surface area contributed by atoms with Crippen molar-refractivity contribution in [2.24, 2.45) is 13.0 Å². The van der Waals surface area contributed by atoms with Crippen molar-refractivity contribution < 1.29 is 9.53 Å². The molecule has 1 aliphatic carbocycles. The van der Waals surface area contributed by atoms with E-state index >= 15 is 0 Å². The first-order chi connectivity index (χ1) is 11.2. The summed E-state index contributed by atoms with van der Waals surface area (Å²) in [7, 11) is 1.84. The van der Waals surface area contributed by atoms with Crippen molar-refractivity contribution in [3.63, 3.8) is 0 Å². The highest BCUT2D eigenvalue weighted by Crippen LogP contribution is 2.32. The van der Waals surface area contributed by atoms with E-state index in [1.165, 1.54) is 19.3 Å². The van der Waals surface area contributed by atoms with Gasteiger partial charge in [-0.2, -0.15) is 0 Å². The molecule has 2 aliphatic rings. The van der Waals surface area contributed by atoms with Crippen molar-refractivity contribution >= 4 is 16.9 Å². The second-order valence-corrected chi connectivity index (χ2v) is 6.68. The number of rotatable bonds is 3. The van der Waals surface area contributed by atoms with Crippen molar-refractivity contribution in [3.05, 3.63) is 23.8 Å². The average molecular weight is 314 g/mol. The van der Waals surface area contributed by atoms with Crippen LogP contribution in [0.25, 0.3) is 11.0 Å². The standard InChI is InChI=1S/C17H22N4O2/c1-20-16-10-13(5-6-15(16)18-19-20)17(22)21-7-8-23-11-14(21)9-12-3-2-4-12/h5-6,10,12,14H,2-4,7-9,11H2,1H3. The molecule has 2 fully saturated rings. The van der Waals surface area contributed by atoms with Gasteiger partial charge in [-0.25, -0.2) is 4.68 Å². The van der Waals surface area contributed by atoms with Gasteiger partial charge in [0.15, 0.2) is 0 Å². The number of ether oxygens (including phenoxy) is 1. The van der Waals surface area contributed by atoms with Crippen LogP contribution < -0.4 is 0 Å². The molecule has 1 atom stereocenters. The highest BCUT2D eigenvalue weighted by atomic mass is 16.5. The van der Waals surface area contributed by atoms with Gasteiger partial charge in [0, 0.05) is 19.2 Å². The number of hydrogen-bond acceptors (Lipinski definition) is 4. The lowest BCUT2D eigenvalue weighted by Crippen LogP contribution is -2.49. The molecule has 0 spiro atoms. The topological polar surface area (TPSA) is 60.2 Å². The Balaban J connectivity index is 1.57. The summed E-state index contributed by atoms with van der Waals surface area (Å²) >= 11 is 0. The summed E-state index contributed by atoms with van der Waals surface area (Å²) in [6.07, 6.45) is 4.99. The summed E-state index contributed by atoms with van der Waals surface area (Å²) in [5.41, 5.74) is 2.42. The summed E-state index contributed by atoms with van der Waals surface area (Å²) in [4.78, 5) is 15.0. The fourth-order valence-electron chi connectivity index (χ4n) is 3.56. The molecule has 1 aliphatic heterocycles. The third-order valence-corrected chi connectivity index (χ3v) is 5.18. The molecule has 1 unspecified atom stereocenters. The molecule has 2 aromatic rings. The maximum absolute atomic E-state index is 13.0. The van der Waals surface area contributed by atoms with E-state index in [2.05, 4.69) is 10.3 Å². The van der Waals surface area contributed by atoms with Gasteiger partial charge in [0.05, 0.1) is 24.8 Å². The van der Waals surface area contributed by atoms with E-state index in [1.807, 2.05) is 30.1 Å². The molecule has 23 heavy (non-hydrogen) atoms. The number of benzene rings is 1. The van der Waals surface area contributed by atoms with Crippen molar-refractivity contribution in [2.45, 2.75) is 31.7 Å². The predicted octanol–water partition coefficient (Wildman–Crippen LogP) is 2.00. The van der Waals surface area contributed by atoms with Crippen LogP contribution in [0.3, 0.4) is 0 Å². The molecule has 2 heterocycles. The van der Waals surface area contributed by atoms with Crippen LogP contribution in [0.15, 0.2) is 18.2 Å². The molecule has 0 radical (unpaired) electrons. The fourth-order valence-corrected chi connectivity index (χ4v) is 3.56. The van der Waals surface area contributed by atoms with Crippen molar-refractivity contribution in [2.75, 3.05) is 19.8 Å². The zero-order chi connectivity index (χ0) is 15.8. The molecule has 1 saturated carbocycles. The van der Waals surface area contributed by atoms with E-state index in [4.69, 9.17) is 4.74 Å². The van der Waals surface area contributed by atoms with E-state index in [9.17, 15) is 4.79 Å². The van der Waals surface area contributed by atoms with Crippen LogP contribution in [0.4, 0.5) is 0 Å². The molecule has 4 rings (SSSR count). The first-order valence-corrected chi connectivity index (χ1v) is 8.40. The number of aryl methyl sites for hydroxylation is 1. The number of fused-ring (bicyclic) bond motifs is 1. The van der Waals surface area contributed by atoms with Crippen LogP contribution in [0.2, 0.25) is 0 Å². The van der Waals surface area contributed by atoms with E-state index in [1.54, 1.807) is 4.68 Å². The van der Waals surface area contributed by atoms with Crippen LogP contribution in [0.5, 0.6) is 0 Å². The molecular weight excluding hydrogens is 292 g/mol. The normalized spacial score (nSPS) is 22.3. The van der Waals surface area contributed by atoms with Crippen molar-refractivity contribution in [1.82, 2.24) is 19.9 Å². The van der Waals surface area contributed by atoms with Crippen LogP contribution in [0.1, 0.15) is 36.0 Å². The third kappa shape index (κ3) is 2.72. The molecule has 6 nitrogen and oxygen atoms in total. The molecule has 1 amide bonds. The number of carbonyl (C=O) groups is 1. The highest BCUT2D eigenvalue weighted by molar-refractivity contribution is 5.97. The molecule has 0 bridgehead atoms. The molecular formula is C17H22N4O2. The lowest BCUT2D eigenvalue weighted by atomic mass is 9.80. The summed E-state index contributed by atoms with van der Waals surface area (Å²) in [5, 5.41) is 8.08. The van der Waals surface area contributed by atoms with E-state index in [0.29, 0.717) is 25.3 Å². The Hall–Kier alpha value is -1.95. The SMILES string of the molecule is Cn1nnc2ccc(C(=O)N3CCOCC3CC3CCC3)cc21. The van der Waals surface area contributed by atoms with E-state index in [-0.39, 0.29) is 11.9 Å². The van der Waals surface area contributed by atoms with Gasteiger partial charge in [-0.1, -0.05) is 24.5 Å². The Morgan fingerprint density at radius 2 is 2.26 bits per heavy atom. The molecule has 122 valence electrons. The summed E-state index contributed by atoms with van der Waals surface area (Å²) in [6.45, 7) is 1.97. The Kier molecular flexibility index (Phi) is 3.77. The minimum atomic E-state index is 0.0979. The van der Waals surface area contributed by atoms with Crippen LogP contribution in [-0.2, 0) is 11.8 Å². The fraction of sp³-hybridized carbons (Fsp3) is 0.588. The van der Waals surface area contributed by atoms with Gasteiger partial charge in [-0.15, -0.1) is 5.10 Å². The lowest BCUT2D eigenvalue weighted by molar-refractivity contribution is -0.0124. The lowest BCUT2D eigenvalue weighted by Gasteiger charge is -2.39. The third-order valence-electron chi connectivity index (χ3n) is 5.18. The van der Waals surface area contributed by atoms with Gasteiger partial charge in [-0.05, 0) is 30.5 Å². The molecule has 6 heteroatoms. The first kappa shape index (κ1) is 14.6. The number of morpholine rings is 1. The zero-order valence-electron chi connectivity index (χ0n) is 13.4. The maximum Gasteiger partial charge on any atom is 0.254 e. The van der Waals surface area contributed by atoms with Crippen molar-refractivity contribution in [3.8, 4) is 0 Å². The number of carbonyl (C=O) groups excluding carboxylic acids is 1. The highest BCUT2D eigenvalue weighted by Gasteiger charge is 2.32. The van der Waals surface area contributed by atoms with Gasteiger partial charge < -0.3 is 9.64 Å². The predicted molar refractivity (Wildman–Crippen MR) is 86.1 cm³/mol. The number of nitrogens with zero attached hydrogens (tertiary/aromatic N) is 4. The molecule has 1 aromatic carbocycles. The molecule has 1 aromatic heterocycles. The van der Waals surface area contributed by atoms with E-state index < -0.39 is 0 Å². The Bertz CT molecular complexity index is 722.